The van der Waals surface area contributed by atoms with Crippen LogP contribution in [0.15, 0.2) is 36.4 Å². The van der Waals surface area contributed by atoms with E-state index < -0.39 is 35.3 Å². The van der Waals surface area contributed by atoms with Gasteiger partial charge in [-0.3, -0.25) is 10.1 Å². The Balaban J connectivity index is 2.17. The van der Waals surface area contributed by atoms with Gasteiger partial charge in [0.05, 0.1) is 16.7 Å². The van der Waals surface area contributed by atoms with Crippen molar-refractivity contribution in [1.82, 2.24) is 0 Å². The van der Waals surface area contributed by atoms with E-state index >= 15 is 0 Å². The van der Waals surface area contributed by atoms with Gasteiger partial charge in [0.1, 0.15) is 5.75 Å². The number of nitro groups is 1. The van der Waals surface area contributed by atoms with Gasteiger partial charge < -0.3 is 15.4 Å². The topological polar surface area (TPSA) is 76.4 Å². The number of alkyl halides is 4. The van der Waals surface area contributed by atoms with Crippen LogP contribution in [0.3, 0.4) is 0 Å². The zero-order valence-corrected chi connectivity index (χ0v) is 16.4. The molecule has 0 aliphatic carbocycles. The van der Waals surface area contributed by atoms with E-state index in [9.17, 15) is 27.7 Å². The van der Waals surface area contributed by atoms with Gasteiger partial charge in [0.15, 0.2) is 11.7 Å². The molecular weight excluding hydrogens is 461 g/mol. The molecule has 6 nitrogen and oxygen atoms in total. The van der Waals surface area contributed by atoms with Crippen molar-refractivity contribution in [2.75, 3.05) is 17.2 Å². The highest BCUT2D eigenvalue weighted by molar-refractivity contribution is 7.80. The third kappa shape index (κ3) is 6.87. The van der Waals surface area contributed by atoms with Gasteiger partial charge in [0.2, 0.25) is 0 Å². The van der Waals surface area contributed by atoms with Crippen LogP contribution in [0.1, 0.15) is 0 Å². The summed E-state index contributed by atoms with van der Waals surface area (Å²) >= 11 is 16.8. The molecule has 0 aliphatic heterocycles. The Kier molecular flexibility index (Phi) is 7.44. The zero-order chi connectivity index (χ0) is 21.8. The minimum atomic E-state index is -4.42. The molecule has 2 rings (SSSR count). The first-order chi connectivity index (χ1) is 13.5. The van der Waals surface area contributed by atoms with E-state index in [1.165, 1.54) is 18.2 Å². The third-order valence-electron chi connectivity index (χ3n) is 3.23. The van der Waals surface area contributed by atoms with E-state index in [-0.39, 0.29) is 10.8 Å². The number of nitrogens with zero attached hydrogens (tertiary/aromatic N) is 1. The standard InChI is InChI=1S/C16H11Cl2F4N3O3S/c17-8-1-9(18)3-10(2-8)23-15(29)24-11-4-12(25(26)27)6-13(5-11)28-7-16(21,22)14(19)20/h1-6,14H,7H2,(H2,23,24,29). The number of hydrogen-bond acceptors (Lipinski definition) is 4. The molecule has 0 aliphatic rings. The lowest BCUT2D eigenvalue weighted by Crippen LogP contribution is -2.33. The number of thiocarbonyl (C=S) groups is 1. The van der Waals surface area contributed by atoms with Crippen molar-refractivity contribution in [2.45, 2.75) is 12.3 Å². The van der Waals surface area contributed by atoms with E-state index in [0.29, 0.717) is 15.7 Å². The molecule has 0 fully saturated rings. The van der Waals surface area contributed by atoms with Crippen molar-refractivity contribution in [3.05, 3.63) is 56.6 Å². The Labute approximate surface area is 176 Å². The molecule has 0 spiro atoms. The predicted molar refractivity (Wildman–Crippen MR) is 106 cm³/mol. The fourth-order valence-corrected chi connectivity index (χ4v) is 2.77. The van der Waals surface area contributed by atoms with Crippen LogP contribution in [-0.2, 0) is 0 Å². The molecule has 0 saturated heterocycles. The third-order valence-corrected chi connectivity index (χ3v) is 3.87. The number of benzene rings is 2. The number of nitrogens with one attached hydrogen (secondary N) is 2. The van der Waals surface area contributed by atoms with E-state index in [2.05, 4.69) is 15.4 Å². The average Bonchev–Trinajstić information content (AvgIpc) is 2.58. The molecule has 0 bridgehead atoms. The summed E-state index contributed by atoms with van der Waals surface area (Å²) in [5.41, 5.74) is -0.113. The fraction of sp³-hybridized carbons (Fsp3) is 0.188. The van der Waals surface area contributed by atoms with Crippen molar-refractivity contribution in [1.29, 1.82) is 0 Å². The molecule has 0 amide bonds. The number of anilines is 2. The molecule has 0 atom stereocenters. The molecular formula is C16H11Cl2F4N3O3S. The number of hydrogen-bond donors (Lipinski definition) is 2. The lowest BCUT2D eigenvalue weighted by Gasteiger charge is -2.17. The zero-order valence-electron chi connectivity index (χ0n) is 14.1. The molecule has 0 aromatic heterocycles. The van der Waals surface area contributed by atoms with Gasteiger partial charge in [-0.1, -0.05) is 23.2 Å². The monoisotopic (exact) mass is 471 g/mol. The molecule has 29 heavy (non-hydrogen) atoms. The normalized spacial score (nSPS) is 11.3. The SMILES string of the molecule is O=[N+]([O-])c1cc(NC(=S)Nc2cc(Cl)cc(Cl)c2)cc(OCC(F)(F)C(F)F)c1. The van der Waals surface area contributed by atoms with Crippen LogP contribution < -0.4 is 15.4 Å². The Morgan fingerprint density at radius 3 is 2.17 bits per heavy atom. The molecule has 0 heterocycles. The van der Waals surface area contributed by atoms with Crippen molar-refractivity contribution in [3.8, 4) is 5.75 Å². The van der Waals surface area contributed by atoms with Gasteiger partial charge in [0.25, 0.3) is 5.69 Å². The highest BCUT2D eigenvalue weighted by atomic mass is 35.5. The minimum absolute atomic E-state index is 0.000174. The Hall–Kier alpha value is -2.37. The van der Waals surface area contributed by atoms with Crippen LogP contribution in [0.4, 0.5) is 34.6 Å². The predicted octanol–water partition coefficient (Wildman–Crippen LogP) is 5.99. The Bertz CT molecular complexity index is 914. The van der Waals surface area contributed by atoms with Crippen LogP contribution in [0.5, 0.6) is 5.75 Å². The van der Waals surface area contributed by atoms with Gasteiger partial charge in [-0.2, -0.15) is 8.78 Å². The Morgan fingerprint density at radius 2 is 1.66 bits per heavy atom. The van der Waals surface area contributed by atoms with Crippen LogP contribution in [0.2, 0.25) is 10.0 Å². The first-order valence-electron chi connectivity index (χ1n) is 7.58. The number of non-ortho nitro benzene ring substituents is 1. The maximum Gasteiger partial charge on any atom is 0.340 e. The van der Waals surface area contributed by atoms with Crippen molar-refractivity contribution in [2.24, 2.45) is 0 Å². The summed E-state index contributed by atoms with van der Waals surface area (Å²) in [7, 11) is 0. The van der Waals surface area contributed by atoms with Crippen LogP contribution >= 0.6 is 35.4 Å². The summed E-state index contributed by atoms with van der Waals surface area (Å²) < 4.78 is 55.2. The number of nitro benzene ring substituents is 1. The van der Waals surface area contributed by atoms with Crippen LogP contribution in [0.25, 0.3) is 0 Å². The van der Waals surface area contributed by atoms with E-state index in [1.807, 2.05) is 0 Å². The highest BCUT2D eigenvalue weighted by Gasteiger charge is 2.41. The average molecular weight is 472 g/mol. The second kappa shape index (κ2) is 9.42. The molecule has 0 saturated carbocycles. The fourth-order valence-electron chi connectivity index (χ4n) is 2.01. The van der Waals surface area contributed by atoms with Crippen LogP contribution in [0, 0.1) is 10.1 Å². The summed E-state index contributed by atoms with van der Waals surface area (Å²) in [6.07, 6.45) is -3.94. The summed E-state index contributed by atoms with van der Waals surface area (Å²) in [5, 5.41) is 17.0. The second-order valence-corrected chi connectivity index (χ2v) is 6.84. The lowest BCUT2D eigenvalue weighted by atomic mass is 10.2. The van der Waals surface area contributed by atoms with Gasteiger partial charge in [0, 0.05) is 27.9 Å². The summed E-state index contributed by atoms with van der Waals surface area (Å²) in [4.78, 5) is 10.2. The maximum absolute atomic E-state index is 13.0. The number of rotatable bonds is 7. The van der Waals surface area contributed by atoms with Gasteiger partial charge in [-0.15, -0.1) is 0 Å². The van der Waals surface area contributed by atoms with Crippen molar-refractivity contribution >= 4 is 57.6 Å². The summed E-state index contributed by atoms with van der Waals surface area (Å²) in [6.45, 7) is -1.66. The van der Waals surface area contributed by atoms with Gasteiger partial charge in [-0.05, 0) is 30.4 Å². The molecule has 13 heteroatoms. The molecule has 156 valence electrons. The lowest BCUT2D eigenvalue weighted by molar-refractivity contribution is -0.384. The molecule has 0 unspecified atom stereocenters. The van der Waals surface area contributed by atoms with Gasteiger partial charge >= 0.3 is 12.3 Å². The van der Waals surface area contributed by atoms with Crippen molar-refractivity contribution < 1.29 is 27.2 Å². The van der Waals surface area contributed by atoms with Gasteiger partial charge in [-0.25, -0.2) is 8.78 Å². The van der Waals surface area contributed by atoms with E-state index in [0.717, 1.165) is 18.2 Å². The summed E-state index contributed by atoms with van der Waals surface area (Å²) in [5.74, 6) is -4.84. The highest BCUT2D eigenvalue weighted by Crippen LogP contribution is 2.29. The van der Waals surface area contributed by atoms with E-state index in [4.69, 9.17) is 35.4 Å². The molecule has 2 aromatic rings. The first-order valence-corrected chi connectivity index (χ1v) is 8.75. The minimum Gasteiger partial charge on any atom is -0.487 e. The molecule has 2 N–H and O–H groups in total. The van der Waals surface area contributed by atoms with E-state index in [1.54, 1.807) is 0 Å². The molecule has 2 aromatic carbocycles. The Morgan fingerprint density at radius 1 is 1.10 bits per heavy atom. The quantitative estimate of drug-likeness (QED) is 0.223. The van der Waals surface area contributed by atoms with Crippen LogP contribution in [-0.4, -0.2) is 29.0 Å². The summed E-state index contributed by atoms with van der Waals surface area (Å²) in [6, 6.07) is 7.47. The largest absolute Gasteiger partial charge is 0.487 e. The first kappa shape index (κ1) is 22.9. The number of ether oxygens (including phenoxy) is 1. The number of halogens is 6. The second-order valence-electron chi connectivity index (χ2n) is 5.56. The smallest absolute Gasteiger partial charge is 0.340 e. The van der Waals surface area contributed by atoms with Crippen molar-refractivity contribution in [3.63, 3.8) is 0 Å². The molecule has 0 radical (unpaired) electrons. The maximum atomic E-state index is 13.0.